The van der Waals surface area contributed by atoms with Crippen LogP contribution in [0.25, 0.3) is 10.2 Å². The standard InChI is InChI=1S/C11H13NS2/c1-11(2,3)14-10-12-8-6-4-5-7-9(8)13-10/h4-7H,1-3H3. The van der Waals surface area contributed by atoms with Gasteiger partial charge in [0.25, 0.3) is 0 Å². The van der Waals surface area contributed by atoms with Crippen LogP contribution in [0.15, 0.2) is 28.6 Å². The molecule has 0 aliphatic rings. The van der Waals surface area contributed by atoms with Crippen molar-refractivity contribution in [2.75, 3.05) is 0 Å². The lowest BCUT2D eigenvalue weighted by atomic mass is 10.3. The van der Waals surface area contributed by atoms with E-state index >= 15 is 0 Å². The maximum absolute atomic E-state index is 4.58. The second-order valence-corrected chi connectivity index (χ2v) is 7.27. The average molecular weight is 223 g/mol. The van der Waals surface area contributed by atoms with Crippen molar-refractivity contribution in [3.63, 3.8) is 0 Å². The summed E-state index contributed by atoms with van der Waals surface area (Å²) in [5.41, 5.74) is 1.12. The van der Waals surface area contributed by atoms with Crippen LogP contribution >= 0.6 is 23.1 Å². The molecule has 0 N–H and O–H groups in total. The first-order valence-electron chi connectivity index (χ1n) is 4.59. The summed E-state index contributed by atoms with van der Waals surface area (Å²) in [6.45, 7) is 6.64. The summed E-state index contributed by atoms with van der Waals surface area (Å²) in [4.78, 5) is 4.58. The SMILES string of the molecule is CC(C)(C)Sc1nc2ccccc2s1. The molecule has 0 saturated carbocycles. The van der Waals surface area contributed by atoms with Crippen molar-refractivity contribution in [2.24, 2.45) is 0 Å². The van der Waals surface area contributed by atoms with E-state index in [1.807, 2.05) is 17.8 Å². The number of rotatable bonds is 1. The summed E-state index contributed by atoms with van der Waals surface area (Å²) in [7, 11) is 0. The third-order valence-electron chi connectivity index (χ3n) is 1.67. The van der Waals surface area contributed by atoms with Crippen LogP contribution in [0, 0.1) is 0 Å². The molecule has 1 heterocycles. The van der Waals surface area contributed by atoms with E-state index in [2.05, 4.69) is 44.0 Å². The van der Waals surface area contributed by atoms with E-state index in [0.29, 0.717) is 0 Å². The van der Waals surface area contributed by atoms with E-state index in [4.69, 9.17) is 0 Å². The van der Waals surface area contributed by atoms with Crippen molar-refractivity contribution >= 4 is 33.3 Å². The Morgan fingerprint density at radius 1 is 1.21 bits per heavy atom. The highest BCUT2D eigenvalue weighted by atomic mass is 32.2. The van der Waals surface area contributed by atoms with Crippen LogP contribution in [0.3, 0.4) is 0 Å². The maximum atomic E-state index is 4.58. The smallest absolute Gasteiger partial charge is 0.151 e. The number of para-hydroxylation sites is 1. The molecule has 0 saturated heterocycles. The van der Waals surface area contributed by atoms with Crippen molar-refractivity contribution in [2.45, 2.75) is 29.9 Å². The Kier molecular flexibility index (Phi) is 2.54. The third kappa shape index (κ3) is 2.28. The predicted octanol–water partition coefficient (Wildman–Crippen LogP) is 4.19. The zero-order chi connectivity index (χ0) is 10.2. The van der Waals surface area contributed by atoms with Crippen LogP contribution in [0.5, 0.6) is 0 Å². The summed E-state index contributed by atoms with van der Waals surface area (Å²) in [5.74, 6) is 0. The van der Waals surface area contributed by atoms with Crippen molar-refractivity contribution in [1.82, 2.24) is 4.98 Å². The Balaban J connectivity index is 2.36. The van der Waals surface area contributed by atoms with Gasteiger partial charge in [-0.3, -0.25) is 0 Å². The second-order valence-electron chi connectivity index (χ2n) is 4.16. The van der Waals surface area contributed by atoms with E-state index < -0.39 is 0 Å². The van der Waals surface area contributed by atoms with Gasteiger partial charge in [-0.2, -0.15) is 0 Å². The van der Waals surface area contributed by atoms with Crippen LogP contribution in [0.4, 0.5) is 0 Å². The average Bonchev–Trinajstić information content (AvgIpc) is 2.42. The number of nitrogens with zero attached hydrogens (tertiary/aromatic N) is 1. The fourth-order valence-electron chi connectivity index (χ4n) is 1.16. The van der Waals surface area contributed by atoms with Gasteiger partial charge in [0, 0.05) is 4.75 Å². The number of benzene rings is 1. The van der Waals surface area contributed by atoms with Gasteiger partial charge >= 0.3 is 0 Å². The van der Waals surface area contributed by atoms with E-state index in [0.717, 1.165) is 5.52 Å². The molecule has 2 aromatic rings. The molecule has 0 fully saturated rings. The molecule has 0 aliphatic carbocycles. The molecular weight excluding hydrogens is 210 g/mol. The Morgan fingerprint density at radius 2 is 1.93 bits per heavy atom. The van der Waals surface area contributed by atoms with Gasteiger partial charge in [-0.15, -0.1) is 11.3 Å². The highest BCUT2D eigenvalue weighted by Gasteiger charge is 2.14. The summed E-state index contributed by atoms with van der Waals surface area (Å²) in [6.07, 6.45) is 0. The molecule has 1 nitrogen and oxygen atoms in total. The first-order valence-corrected chi connectivity index (χ1v) is 6.22. The summed E-state index contributed by atoms with van der Waals surface area (Å²) in [6, 6.07) is 8.29. The Bertz CT molecular complexity index is 407. The third-order valence-corrected chi connectivity index (χ3v) is 3.88. The van der Waals surface area contributed by atoms with Crippen molar-refractivity contribution in [3.05, 3.63) is 24.3 Å². The van der Waals surface area contributed by atoms with Crippen LogP contribution in [-0.2, 0) is 0 Å². The molecule has 2 rings (SSSR count). The van der Waals surface area contributed by atoms with Gasteiger partial charge in [0.2, 0.25) is 0 Å². The molecule has 0 atom stereocenters. The summed E-state index contributed by atoms with van der Waals surface area (Å²) >= 11 is 3.61. The van der Waals surface area contributed by atoms with Gasteiger partial charge < -0.3 is 0 Å². The minimum Gasteiger partial charge on any atom is -0.230 e. The molecule has 0 bridgehead atoms. The summed E-state index contributed by atoms with van der Waals surface area (Å²) < 4.78 is 2.69. The number of aromatic nitrogens is 1. The quantitative estimate of drug-likeness (QED) is 0.672. The van der Waals surface area contributed by atoms with E-state index in [9.17, 15) is 0 Å². The topological polar surface area (TPSA) is 12.9 Å². The molecule has 0 amide bonds. The molecule has 74 valence electrons. The number of hydrogen-bond acceptors (Lipinski definition) is 3. The molecule has 0 radical (unpaired) electrons. The van der Waals surface area contributed by atoms with Gasteiger partial charge in [0.05, 0.1) is 10.2 Å². The van der Waals surface area contributed by atoms with E-state index in [1.165, 1.54) is 9.04 Å². The van der Waals surface area contributed by atoms with Gasteiger partial charge in [0.1, 0.15) is 0 Å². The first kappa shape index (κ1) is 9.99. The fourth-order valence-corrected chi connectivity index (χ4v) is 3.71. The van der Waals surface area contributed by atoms with Gasteiger partial charge in [-0.05, 0) is 12.1 Å². The van der Waals surface area contributed by atoms with Crippen LogP contribution in [0.2, 0.25) is 0 Å². The first-order chi connectivity index (χ1) is 6.54. The lowest BCUT2D eigenvalue weighted by molar-refractivity contribution is 0.802. The number of fused-ring (bicyclic) bond motifs is 1. The highest BCUT2D eigenvalue weighted by Crippen LogP contribution is 2.36. The molecule has 1 aromatic heterocycles. The van der Waals surface area contributed by atoms with Crippen molar-refractivity contribution in [3.8, 4) is 0 Å². The maximum Gasteiger partial charge on any atom is 0.151 e. The molecular formula is C11H13NS2. The Hall–Kier alpha value is -0.540. The molecule has 0 spiro atoms. The van der Waals surface area contributed by atoms with Crippen molar-refractivity contribution < 1.29 is 0 Å². The van der Waals surface area contributed by atoms with E-state index in [-0.39, 0.29) is 4.75 Å². The number of thiazole rings is 1. The number of hydrogen-bond donors (Lipinski definition) is 0. The van der Waals surface area contributed by atoms with Gasteiger partial charge in [-0.1, -0.05) is 44.7 Å². The van der Waals surface area contributed by atoms with Crippen LogP contribution in [-0.4, -0.2) is 9.73 Å². The zero-order valence-corrected chi connectivity index (χ0v) is 10.2. The predicted molar refractivity (Wildman–Crippen MR) is 65.2 cm³/mol. The lowest BCUT2D eigenvalue weighted by Crippen LogP contribution is -2.06. The fraction of sp³-hybridized carbons (Fsp3) is 0.364. The monoisotopic (exact) mass is 223 g/mol. The molecule has 0 unspecified atom stereocenters. The van der Waals surface area contributed by atoms with Crippen LogP contribution in [0.1, 0.15) is 20.8 Å². The minimum atomic E-state index is 0.244. The molecule has 14 heavy (non-hydrogen) atoms. The van der Waals surface area contributed by atoms with E-state index in [1.54, 1.807) is 11.3 Å². The van der Waals surface area contributed by atoms with Crippen molar-refractivity contribution in [1.29, 1.82) is 0 Å². The van der Waals surface area contributed by atoms with Crippen LogP contribution < -0.4 is 0 Å². The van der Waals surface area contributed by atoms with Gasteiger partial charge in [-0.25, -0.2) is 4.98 Å². The Morgan fingerprint density at radius 3 is 2.57 bits per heavy atom. The lowest BCUT2D eigenvalue weighted by Gasteiger charge is -2.14. The highest BCUT2D eigenvalue weighted by molar-refractivity contribution is 8.02. The summed E-state index contributed by atoms with van der Waals surface area (Å²) in [5, 5.41) is 0. The minimum absolute atomic E-state index is 0.244. The second kappa shape index (κ2) is 3.55. The number of thioether (sulfide) groups is 1. The van der Waals surface area contributed by atoms with Gasteiger partial charge in [0.15, 0.2) is 4.34 Å². The molecule has 1 aromatic carbocycles. The zero-order valence-electron chi connectivity index (χ0n) is 8.57. The largest absolute Gasteiger partial charge is 0.230 e. The molecule has 0 aliphatic heterocycles. The Labute approximate surface area is 92.6 Å². The molecule has 3 heteroatoms. The normalized spacial score (nSPS) is 12.2.